The number of aryl methyl sites for hydroxylation is 2. The smallest absolute Gasteiger partial charge is 0.111 e. The van der Waals surface area contributed by atoms with Crippen LogP contribution in [0.1, 0.15) is 16.7 Å². The van der Waals surface area contributed by atoms with E-state index in [9.17, 15) is 0 Å². The van der Waals surface area contributed by atoms with Gasteiger partial charge in [0.1, 0.15) is 11.8 Å². The largest absolute Gasteiger partial charge is 0.192 e. The van der Waals surface area contributed by atoms with Crippen LogP contribution in [0, 0.1) is 25.2 Å². The molecule has 0 amide bonds. The van der Waals surface area contributed by atoms with Gasteiger partial charge in [0, 0.05) is 5.56 Å². The Morgan fingerprint density at radius 3 is 2.69 bits per heavy atom. The second-order valence-electron chi connectivity index (χ2n) is 3.72. The number of benzene rings is 1. The Balaban J connectivity index is 2.64. The molecule has 0 radical (unpaired) electrons. The van der Waals surface area contributed by atoms with E-state index in [1.54, 1.807) is 6.07 Å². The zero-order valence-corrected chi connectivity index (χ0v) is 9.23. The molecule has 78 valence electrons. The molecule has 0 spiro atoms. The van der Waals surface area contributed by atoms with Crippen LogP contribution in [0.5, 0.6) is 0 Å². The van der Waals surface area contributed by atoms with Crippen LogP contribution in [0.25, 0.3) is 11.3 Å². The maximum atomic E-state index is 9.01. The van der Waals surface area contributed by atoms with Crippen LogP contribution >= 0.6 is 0 Å². The Hall–Kier alpha value is -2.21. The Morgan fingerprint density at radius 2 is 2.00 bits per heavy atom. The van der Waals surface area contributed by atoms with Crippen molar-refractivity contribution in [3.63, 3.8) is 0 Å². The first-order valence-electron chi connectivity index (χ1n) is 5.02. The molecule has 0 aliphatic rings. The maximum Gasteiger partial charge on any atom is 0.111 e. The van der Waals surface area contributed by atoms with Crippen LogP contribution in [0.3, 0.4) is 0 Å². The SMILES string of the molecule is Cc1ccc(-c2nnccc2C#N)c(C)c1. The Kier molecular flexibility index (Phi) is 2.65. The van der Waals surface area contributed by atoms with E-state index in [2.05, 4.69) is 22.3 Å². The summed E-state index contributed by atoms with van der Waals surface area (Å²) >= 11 is 0. The quantitative estimate of drug-likeness (QED) is 0.725. The Morgan fingerprint density at radius 1 is 1.19 bits per heavy atom. The van der Waals surface area contributed by atoms with E-state index in [0.717, 1.165) is 11.1 Å². The third-order valence-electron chi connectivity index (χ3n) is 2.48. The molecule has 0 unspecified atom stereocenters. The van der Waals surface area contributed by atoms with Gasteiger partial charge in [0.25, 0.3) is 0 Å². The van der Waals surface area contributed by atoms with Gasteiger partial charge in [-0.3, -0.25) is 0 Å². The molecule has 1 aromatic heterocycles. The summed E-state index contributed by atoms with van der Waals surface area (Å²) in [5, 5.41) is 16.9. The normalized spacial score (nSPS) is 9.81. The van der Waals surface area contributed by atoms with Gasteiger partial charge >= 0.3 is 0 Å². The minimum atomic E-state index is 0.557. The van der Waals surface area contributed by atoms with Gasteiger partial charge in [0.05, 0.1) is 11.8 Å². The van der Waals surface area contributed by atoms with Crippen LogP contribution in [0.4, 0.5) is 0 Å². The van der Waals surface area contributed by atoms with E-state index in [4.69, 9.17) is 5.26 Å². The topological polar surface area (TPSA) is 49.6 Å². The highest BCUT2D eigenvalue weighted by Gasteiger charge is 2.08. The number of nitriles is 1. The first-order valence-corrected chi connectivity index (χ1v) is 5.02. The van der Waals surface area contributed by atoms with Crippen molar-refractivity contribution < 1.29 is 0 Å². The molecule has 0 fully saturated rings. The highest BCUT2D eigenvalue weighted by atomic mass is 15.1. The first-order chi connectivity index (χ1) is 7.72. The van der Waals surface area contributed by atoms with Gasteiger partial charge in [-0.05, 0) is 25.5 Å². The van der Waals surface area contributed by atoms with Gasteiger partial charge in [-0.2, -0.15) is 10.4 Å². The molecule has 0 saturated carbocycles. The summed E-state index contributed by atoms with van der Waals surface area (Å²) in [6.45, 7) is 4.05. The summed E-state index contributed by atoms with van der Waals surface area (Å²) in [5.41, 5.74) is 4.49. The van der Waals surface area contributed by atoms with E-state index < -0.39 is 0 Å². The molecule has 3 heteroatoms. The molecular weight excluding hydrogens is 198 g/mol. The average molecular weight is 209 g/mol. The maximum absolute atomic E-state index is 9.01. The molecule has 2 rings (SSSR count). The van der Waals surface area contributed by atoms with E-state index in [-0.39, 0.29) is 0 Å². The van der Waals surface area contributed by atoms with Crippen LogP contribution in [-0.4, -0.2) is 10.2 Å². The first kappa shape index (κ1) is 10.3. The summed E-state index contributed by atoms with van der Waals surface area (Å²) in [6.07, 6.45) is 1.53. The third-order valence-corrected chi connectivity index (χ3v) is 2.48. The highest BCUT2D eigenvalue weighted by Crippen LogP contribution is 2.24. The van der Waals surface area contributed by atoms with E-state index in [1.165, 1.54) is 11.8 Å². The highest BCUT2D eigenvalue weighted by molar-refractivity contribution is 5.69. The summed E-state index contributed by atoms with van der Waals surface area (Å²) < 4.78 is 0. The molecule has 0 saturated heterocycles. The zero-order chi connectivity index (χ0) is 11.5. The summed E-state index contributed by atoms with van der Waals surface area (Å²) in [5.74, 6) is 0. The summed E-state index contributed by atoms with van der Waals surface area (Å²) in [7, 11) is 0. The van der Waals surface area contributed by atoms with Crippen molar-refractivity contribution in [1.82, 2.24) is 10.2 Å². The lowest BCUT2D eigenvalue weighted by Crippen LogP contribution is -1.94. The van der Waals surface area contributed by atoms with Crippen molar-refractivity contribution in [3.05, 3.63) is 47.2 Å². The zero-order valence-electron chi connectivity index (χ0n) is 9.23. The molecule has 1 aromatic carbocycles. The molecule has 0 N–H and O–H groups in total. The third kappa shape index (κ3) is 1.78. The predicted octanol–water partition coefficient (Wildman–Crippen LogP) is 2.63. The van der Waals surface area contributed by atoms with Crippen LogP contribution in [-0.2, 0) is 0 Å². The Bertz CT molecular complexity index is 568. The van der Waals surface area contributed by atoms with E-state index in [1.807, 2.05) is 26.0 Å². The van der Waals surface area contributed by atoms with Crippen molar-refractivity contribution in [2.24, 2.45) is 0 Å². The van der Waals surface area contributed by atoms with Crippen LogP contribution < -0.4 is 0 Å². The lowest BCUT2D eigenvalue weighted by molar-refractivity contribution is 1.03. The average Bonchev–Trinajstić information content (AvgIpc) is 2.29. The van der Waals surface area contributed by atoms with Crippen molar-refractivity contribution >= 4 is 0 Å². The predicted molar refractivity (Wildman–Crippen MR) is 61.7 cm³/mol. The monoisotopic (exact) mass is 209 g/mol. The van der Waals surface area contributed by atoms with Gasteiger partial charge in [-0.15, -0.1) is 5.10 Å². The summed E-state index contributed by atoms with van der Waals surface area (Å²) in [6, 6.07) is 9.88. The fourth-order valence-corrected chi connectivity index (χ4v) is 1.70. The van der Waals surface area contributed by atoms with Crippen molar-refractivity contribution in [2.75, 3.05) is 0 Å². The Labute approximate surface area is 94.4 Å². The van der Waals surface area contributed by atoms with Crippen molar-refractivity contribution in [2.45, 2.75) is 13.8 Å². The molecule has 0 atom stereocenters. The number of nitrogens with zero attached hydrogens (tertiary/aromatic N) is 3. The van der Waals surface area contributed by atoms with Crippen molar-refractivity contribution in [3.8, 4) is 17.3 Å². The number of hydrogen-bond acceptors (Lipinski definition) is 3. The van der Waals surface area contributed by atoms with Gasteiger partial charge in [0.15, 0.2) is 0 Å². The van der Waals surface area contributed by atoms with E-state index >= 15 is 0 Å². The molecule has 0 aliphatic carbocycles. The van der Waals surface area contributed by atoms with Gasteiger partial charge in [-0.1, -0.05) is 23.8 Å². The fraction of sp³-hybridized carbons (Fsp3) is 0.154. The molecule has 1 heterocycles. The molecule has 2 aromatic rings. The molecule has 0 bridgehead atoms. The standard InChI is InChI=1S/C13H11N3/c1-9-3-4-12(10(2)7-9)13-11(8-14)5-6-15-16-13/h3-7H,1-2H3. The fourth-order valence-electron chi connectivity index (χ4n) is 1.70. The van der Waals surface area contributed by atoms with Crippen LogP contribution in [0.15, 0.2) is 30.5 Å². The summed E-state index contributed by atoms with van der Waals surface area (Å²) in [4.78, 5) is 0. The van der Waals surface area contributed by atoms with Gasteiger partial charge < -0.3 is 0 Å². The lowest BCUT2D eigenvalue weighted by atomic mass is 10.0. The van der Waals surface area contributed by atoms with Gasteiger partial charge in [-0.25, -0.2) is 0 Å². The molecule has 16 heavy (non-hydrogen) atoms. The van der Waals surface area contributed by atoms with Crippen molar-refractivity contribution in [1.29, 1.82) is 5.26 Å². The minimum absolute atomic E-state index is 0.557. The molecule has 0 aliphatic heterocycles. The second-order valence-corrected chi connectivity index (χ2v) is 3.72. The van der Waals surface area contributed by atoms with Crippen LogP contribution in [0.2, 0.25) is 0 Å². The number of hydrogen-bond donors (Lipinski definition) is 0. The molecule has 3 nitrogen and oxygen atoms in total. The second kappa shape index (κ2) is 4.11. The minimum Gasteiger partial charge on any atom is -0.192 e. The molecular formula is C13H11N3. The van der Waals surface area contributed by atoms with Gasteiger partial charge in [0.2, 0.25) is 0 Å². The lowest BCUT2D eigenvalue weighted by Gasteiger charge is -2.06. The van der Waals surface area contributed by atoms with E-state index in [0.29, 0.717) is 11.3 Å². The number of rotatable bonds is 1. The number of aromatic nitrogens is 2.